The molecular weight excluding hydrogens is 342 g/mol. The maximum absolute atomic E-state index is 2.69. The second-order valence-electron chi connectivity index (χ2n) is 11.2. The molecule has 0 spiro atoms. The van der Waals surface area contributed by atoms with Crippen molar-refractivity contribution in [2.75, 3.05) is 40.8 Å². The molecule has 3 aliphatic rings. The lowest BCUT2D eigenvalue weighted by Gasteiger charge is -2.43. The molecule has 0 saturated carbocycles. The van der Waals surface area contributed by atoms with E-state index in [1.165, 1.54) is 77.4 Å². The van der Waals surface area contributed by atoms with Crippen LogP contribution in [0.1, 0.15) is 78.6 Å². The highest BCUT2D eigenvalue weighted by molar-refractivity contribution is 4.87. The van der Waals surface area contributed by atoms with Gasteiger partial charge in [-0.25, -0.2) is 0 Å². The Morgan fingerprint density at radius 1 is 0.750 bits per heavy atom. The van der Waals surface area contributed by atoms with Crippen LogP contribution in [0.15, 0.2) is 0 Å². The minimum Gasteiger partial charge on any atom is -0.304 e. The van der Waals surface area contributed by atoms with Gasteiger partial charge in [-0.3, -0.25) is 0 Å². The Bertz CT molecular complexity index is 467. The van der Waals surface area contributed by atoms with Gasteiger partial charge in [-0.05, 0) is 129 Å². The van der Waals surface area contributed by atoms with E-state index in [4.69, 9.17) is 0 Å². The Morgan fingerprint density at radius 2 is 1.43 bits per heavy atom. The summed E-state index contributed by atoms with van der Waals surface area (Å²) >= 11 is 0. The Balaban J connectivity index is 1.46. The van der Waals surface area contributed by atoms with Gasteiger partial charge >= 0.3 is 0 Å². The minimum absolute atomic E-state index is 0.783. The summed E-state index contributed by atoms with van der Waals surface area (Å²) in [6.07, 6.45) is 12.8. The molecule has 1 unspecified atom stereocenters. The normalized spacial score (nSPS) is 40.5. The first-order valence-corrected chi connectivity index (χ1v) is 12.4. The summed E-state index contributed by atoms with van der Waals surface area (Å²) in [5.41, 5.74) is 0. The average Bonchev–Trinajstić information content (AvgIpc) is 2.66. The standard InChI is InChI=1S/C25H49N3/c1-19-9-12-28(6)25(15-19)16-20(2)23-11-14-27(5)24(18-23)8-7-22-10-13-26(4)21(3)17-22/h19-25H,7-18H2,1-6H3/t19-,20?,21-,22-,23+,24+,25-/m1/s1. The van der Waals surface area contributed by atoms with Crippen LogP contribution in [0.3, 0.4) is 0 Å². The summed E-state index contributed by atoms with van der Waals surface area (Å²) in [6, 6.07) is 2.45. The molecule has 0 aromatic rings. The minimum atomic E-state index is 0.783. The van der Waals surface area contributed by atoms with Gasteiger partial charge < -0.3 is 14.7 Å². The Morgan fingerprint density at radius 3 is 2.18 bits per heavy atom. The third-order valence-electron chi connectivity index (χ3n) is 9.00. The highest BCUT2D eigenvalue weighted by Crippen LogP contribution is 2.36. The number of hydrogen-bond donors (Lipinski definition) is 0. The number of piperidine rings is 3. The molecule has 0 aromatic heterocycles. The van der Waals surface area contributed by atoms with Gasteiger partial charge in [0.1, 0.15) is 0 Å². The molecule has 0 aliphatic carbocycles. The number of rotatable bonds is 6. The zero-order chi connectivity index (χ0) is 20.3. The van der Waals surface area contributed by atoms with Crippen molar-refractivity contribution in [3.05, 3.63) is 0 Å². The van der Waals surface area contributed by atoms with Crippen molar-refractivity contribution in [2.24, 2.45) is 23.7 Å². The van der Waals surface area contributed by atoms with Crippen LogP contribution in [-0.4, -0.2) is 73.6 Å². The molecule has 3 rings (SSSR count). The SMILES string of the molecule is CC(C[C@H]1C[C@H](C)CCN1C)[C@H]1CCN(C)[C@@H](CC[C@@H]2CCN(C)[C@H](C)C2)C1. The lowest BCUT2D eigenvalue weighted by Crippen LogP contribution is -2.44. The van der Waals surface area contributed by atoms with Crippen LogP contribution in [0.4, 0.5) is 0 Å². The molecule has 3 heteroatoms. The van der Waals surface area contributed by atoms with E-state index in [0.29, 0.717) is 0 Å². The average molecular weight is 392 g/mol. The van der Waals surface area contributed by atoms with Crippen LogP contribution in [-0.2, 0) is 0 Å². The second-order valence-corrected chi connectivity index (χ2v) is 11.2. The Hall–Kier alpha value is -0.120. The molecule has 3 aliphatic heterocycles. The van der Waals surface area contributed by atoms with E-state index in [0.717, 1.165) is 41.8 Å². The summed E-state index contributed by atoms with van der Waals surface area (Å²) < 4.78 is 0. The summed E-state index contributed by atoms with van der Waals surface area (Å²) in [6.45, 7) is 11.4. The van der Waals surface area contributed by atoms with Gasteiger partial charge in [-0.1, -0.05) is 13.8 Å². The van der Waals surface area contributed by atoms with E-state index in [-0.39, 0.29) is 0 Å². The monoisotopic (exact) mass is 391 g/mol. The van der Waals surface area contributed by atoms with Crippen LogP contribution >= 0.6 is 0 Å². The number of nitrogens with zero attached hydrogens (tertiary/aromatic N) is 3. The fourth-order valence-corrected chi connectivity index (χ4v) is 6.40. The van der Waals surface area contributed by atoms with Crippen molar-refractivity contribution in [3.8, 4) is 0 Å². The van der Waals surface area contributed by atoms with Crippen molar-refractivity contribution in [1.82, 2.24) is 14.7 Å². The molecular formula is C25H49N3. The van der Waals surface area contributed by atoms with Crippen molar-refractivity contribution < 1.29 is 0 Å². The third kappa shape index (κ3) is 5.95. The van der Waals surface area contributed by atoms with Crippen LogP contribution in [0.2, 0.25) is 0 Å². The fraction of sp³-hybridized carbons (Fsp3) is 1.00. The molecule has 3 nitrogen and oxygen atoms in total. The summed E-state index contributed by atoms with van der Waals surface area (Å²) in [7, 11) is 7.05. The van der Waals surface area contributed by atoms with Crippen LogP contribution in [0, 0.1) is 23.7 Å². The number of likely N-dealkylation sites (tertiary alicyclic amines) is 3. The van der Waals surface area contributed by atoms with Crippen molar-refractivity contribution in [2.45, 2.75) is 96.7 Å². The van der Waals surface area contributed by atoms with Crippen LogP contribution in [0.5, 0.6) is 0 Å². The topological polar surface area (TPSA) is 9.72 Å². The lowest BCUT2D eigenvalue weighted by molar-refractivity contribution is 0.0705. The van der Waals surface area contributed by atoms with E-state index in [9.17, 15) is 0 Å². The van der Waals surface area contributed by atoms with Gasteiger partial charge in [-0.15, -0.1) is 0 Å². The maximum Gasteiger partial charge on any atom is 0.00973 e. The van der Waals surface area contributed by atoms with E-state index in [1.54, 1.807) is 0 Å². The van der Waals surface area contributed by atoms with E-state index < -0.39 is 0 Å². The highest BCUT2D eigenvalue weighted by atomic mass is 15.1. The lowest BCUT2D eigenvalue weighted by atomic mass is 9.76. The third-order valence-corrected chi connectivity index (χ3v) is 9.00. The predicted octanol–water partition coefficient (Wildman–Crippen LogP) is 4.96. The van der Waals surface area contributed by atoms with Crippen LogP contribution in [0.25, 0.3) is 0 Å². The zero-order valence-electron chi connectivity index (χ0n) is 19.9. The maximum atomic E-state index is 2.69. The van der Waals surface area contributed by atoms with Gasteiger partial charge in [0.05, 0.1) is 0 Å². The molecule has 0 radical (unpaired) electrons. The molecule has 3 fully saturated rings. The smallest absolute Gasteiger partial charge is 0.00973 e. The van der Waals surface area contributed by atoms with Crippen LogP contribution < -0.4 is 0 Å². The fourth-order valence-electron chi connectivity index (χ4n) is 6.40. The quantitative estimate of drug-likeness (QED) is 0.633. The largest absolute Gasteiger partial charge is 0.304 e. The molecule has 0 aromatic carbocycles. The van der Waals surface area contributed by atoms with E-state index in [1.807, 2.05) is 0 Å². The van der Waals surface area contributed by atoms with E-state index >= 15 is 0 Å². The van der Waals surface area contributed by atoms with Crippen molar-refractivity contribution >= 4 is 0 Å². The summed E-state index contributed by atoms with van der Waals surface area (Å²) in [5.74, 6) is 3.73. The molecule has 3 saturated heterocycles. The van der Waals surface area contributed by atoms with Gasteiger partial charge in [-0.2, -0.15) is 0 Å². The molecule has 0 bridgehead atoms. The molecule has 7 atom stereocenters. The second kappa shape index (κ2) is 10.3. The first-order chi connectivity index (χ1) is 13.3. The molecule has 0 N–H and O–H groups in total. The van der Waals surface area contributed by atoms with Crippen molar-refractivity contribution in [3.63, 3.8) is 0 Å². The van der Waals surface area contributed by atoms with Gasteiger partial charge in [0, 0.05) is 18.1 Å². The summed E-state index contributed by atoms with van der Waals surface area (Å²) in [5, 5.41) is 0. The molecule has 28 heavy (non-hydrogen) atoms. The van der Waals surface area contributed by atoms with Crippen molar-refractivity contribution in [1.29, 1.82) is 0 Å². The predicted molar refractivity (Wildman–Crippen MR) is 122 cm³/mol. The van der Waals surface area contributed by atoms with Gasteiger partial charge in [0.25, 0.3) is 0 Å². The molecule has 3 heterocycles. The molecule has 0 amide bonds. The van der Waals surface area contributed by atoms with E-state index in [2.05, 4.69) is 56.6 Å². The van der Waals surface area contributed by atoms with Gasteiger partial charge in [0.2, 0.25) is 0 Å². The van der Waals surface area contributed by atoms with Gasteiger partial charge in [0.15, 0.2) is 0 Å². The summed E-state index contributed by atoms with van der Waals surface area (Å²) in [4.78, 5) is 7.89. The Kier molecular flexibility index (Phi) is 8.27. The molecule has 164 valence electrons. The highest BCUT2D eigenvalue weighted by Gasteiger charge is 2.33. The first-order valence-electron chi connectivity index (χ1n) is 12.4. The first kappa shape index (κ1) is 22.6. The zero-order valence-corrected chi connectivity index (χ0v) is 19.9. The Labute approximate surface area is 176 Å². The number of hydrogen-bond acceptors (Lipinski definition) is 3.